The Morgan fingerprint density at radius 1 is 1.57 bits per heavy atom. The summed E-state index contributed by atoms with van der Waals surface area (Å²) in [5.74, 6) is -0.0885. The molecule has 4 N–H and O–H groups in total. The van der Waals surface area contributed by atoms with E-state index >= 15 is 0 Å². The molecule has 0 saturated carbocycles. The number of aliphatic hydroxyl groups excluding tert-OH is 1. The first-order valence-corrected chi connectivity index (χ1v) is 5.02. The monoisotopic (exact) mass is 202 g/mol. The van der Waals surface area contributed by atoms with Crippen LogP contribution >= 0.6 is 0 Å². The first-order chi connectivity index (χ1) is 6.77. The summed E-state index contributed by atoms with van der Waals surface area (Å²) >= 11 is 0. The van der Waals surface area contributed by atoms with Gasteiger partial charge in [0, 0.05) is 19.7 Å². The Labute approximate surface area is 83.6 Å². The van der Waals surface area contributed by atoms with Crippen molar-refractivity contribution in [1.29, 1.82) is 0 Å². The molecule has 14 heavy (non-hydrogen) atoms. The minimum Gasteiger partial charge on any atom is -0.396 e. The maximum atomic E-state index is 11.4. The van der Waals surface area contributed by atoms with Gasteiger partial charge in [0.2, 0.25) is 5.91 Å². The van der Waals surface area contributed by atoms with E-state index in [0.717, 1.165) is 12.8 Å². The summed E-state index contributed by atoms with van der Waals surface area (Å²) in [4.78, 5) is 11.4. The molecule has 0 aromatic heterocycles. The van der Waals surface area contributed by atoms with Crippen LogP contribution in [0, 0.1) is 0 Å². The Bertz CT molecular complexity index is 187. The van der Waals surface area contributed by atoms with E-state index in [2.05, 4.69) is 5.32 Å². The molecule has 0 aromatic rings. The van der Waals surface area contributed by atoms with Gasteiger partial charge in [-0.3, -0.25) is 4.79 Å². The van der Waals surface area contributed by atoms with Gasteiger partial charge in [0.25, 0.3) is 0 Å². The molecule has 0 radical (unpaired) electrons. The summed E-state index contributed by atoms with van der Waals surface area (Å²) in [6.07, 6.45) is 1.87. The van der Waals surface area contributed by atoms with Gasteiger partial charge in [-0.2, -0.15) is 0 Å². The normalized spacial score (nSPS) is 26.4. The van der Waals surface area contributed by atoms with Crippen LogP contribution in [0.4, 0.5) is 0 Å². The van der Waals surface area contributed by atoms with Crippen LogP contribution in [0.1, 0.15) is 19.3 Å². The number of hydrogen-bond acceptors (Lipinski definition) is 4. The molecule has 2 atom stereocenters. The van der Waals surface area contributed by atoms with Crippen LogP contribution in [-0.4, -0.2) is 42.9 Å². The number of hydrogen-bond donors (Lipinski definition) is 3. The lowest BCUT2D eigenvalue weighted by molar-refractivity contribution is -0.131. The van der Waals surface area contributed by atoms with Crippen LogP contribution in [0.25, 0.3) is 0 Å². The zero-order chi connectivity index (χ0) is 10.4. The van der Waals surface area contributed by atoms with Crippen molar-refractivity contribution in [2.45, 2.75) is 31.5 Å². The third kappa shape index (κ3) is 3.25. The number of ether oxygens (including phenoxy) is 1. The van der Waals surface area contributed by atoms with Crippen LogP contribution in [0.5, 0.6) is 0 Å². The van der Waals surface area contributed by atoms with Gasteiger partial charge >= 0.3 is 0 Å². The van der Waals surface area contributed by atoms with Gasteiger partial charge in [-0.25, -0.2) is 0 Å². The molecule has 0 spiro atoms. The van der Waals surface area contributed by atoms with E-state index in [1.807, 2.05) is 0 Å². The first-order valence-electron chi connectivity index (χ1n) is 5.02. The summed E-state index contributed by atoms with van der Waals surface area (Å²) in [5, 5.41) is 11.2. The highest BCUT2D eigenvalue weighted by molar-refractivity contribution is 5.80. The zero-order valence-corrected chi connectivity index (χ0v) is 8.24. The number of nitrogens with two attached hydrogens (primary N) is 1. The third-order valence-corrected chi connectivity index (χ3v) is 2.30. The molecule has 5 nitrogen and oxygen atoms in total. The zero-order valence-electron chi connectivity index (χ0n) is 8.24. The highest BCUT2D eigenvalue weighted by atomic mass is 16.5. The van der Waals surface area contributed by atoms with Crippen molar-refractivity contribution in [1.82, 2.24) is 5.32 Å². The van der Waals surface area contributed by atoms with Crippen molar-refractivity contribution >= 4 is 5.91 Å². The number of nitrogens with one attached hydrogen (secondary N) is 1. The van der Waals surface area contributed by atoms with Crippen molar-refractivity contribution in [3.8, 4) is 0 Å². The van der Waals surface area contributed by atoms with Crippen molar-refractivity contribution in [2.24, 2.45) is 5.73 Å². The highest BCUT2D eigenvalue weighted by Crippen LogP contribution is 2.18. The van der Waals surface area contributed by atoms with E-state index in [0.29, 0.717) is 19.5 Å². The average Bonchev–Trinajstić information content (AvgIpc) is 2.66. The molecule has 0 aliphatic carbocycles. The number of carbonyl (C=O) groups is 1. The van der Waals surface area contributed by atoms with Crippen molar-refractivity contribution in [2.75, 3.05) is 19.7 Å². The Kier molecular flexibility index (Phi) is 4.86. The van der Waals surface area contributed by atoms with Gasteiger partial charge in [-0.15, -0.1) is 0 Å². The molecule has 1 aliphatic heterocycles. The number of amides is 1. The molecular formula is C9H18N2O3. The minimum absolute atomic E-state index is 0.0311. The van der Waals surface area contributed by atoms with Gasteiger partial charge in [0.1, 0.15) is 6.10 Å². The maximum absolute atomic E-state index is 11.4. The molecule has 1 aliphatic rings. The molecule has 1 fully saturated rings. The fraction of sp³-hybridized carbons (Fsp3) is 0.889. The van der Waals surface area contributed by atoms with E-state index in [9.17, 15) is 4.79 Å². The topological polar surface area (TPSA) is 84.6 Å². The van der Waals surface area contributed by atoms with Crippen LogP contribution in [0.2, 0.25) is 0 Å². The molecule has 1 rings (SSSR count). The Morgan fingerprint density at radius 2 is 2.36 bits per heavy atom. The van der Waals surface area contributed by atoms with Crippen molar-refractivity contribution in [3.63, 3.8) is 0 Å². The molecule has 82 valence electrons. The van der Waals surface area contributed by atoms with E-state index < -0.39 is 0 Å². The van der Waals surface area contributed by atoms with E-state index in [1.54, 1.807) is 0 Å². The molecule has 2 unspecified atom stereocenters. The lowest BCUT2D eigenvalue weighted by Crippen LogP contribution is -2.36. The SMILES string of the molecule is NCC1CCC(C(=O)NCCCO)O1. The predicted molar refractivity (Wildman–Crippen MR) is 51.7 cm³/mol. The number of rotatable bonds is 5. The lowest BCUT2D eigenvalue weighted by atomic mass is 10.2. The van der Waals surface area contributed by atoms with Gasteiger partial charge in [-0.05, 0) is 19.3 Å². The van der Waals surface area contributed by atoms with Crippen molar-refractivity contribution in [3.05, 3.63) is 0 Å². The van der Waals surface area contributed by atoms with Crippen LogP contribution in [0.15, 0.2) is 0 Å². The lowest BCUT2D eigenvalue weighted by Gasteiger charge is -2.12. The average molecular weight is 202 g/mol. The molecule has 0 bridgehead atoms. The molecule has 1 amide bonds. The van der Waals surface area contributed by atoms with Gasteiger partial charge in [0.05, 0.1) is 6.10 Å². The standard InChI is InChI=1S/C9H18N2O3/c10-6-7-2-3-8(14-7)9(13)11-4-1-5-12/h7-8,12H,1-6,10H2,(H,11,13). The molecule has 5 heteroatoms. The summed E-state index contributed by atoms with van der Waals surface area (Å²) < 4.78 is 5.40. The van der Waals surface area contributed by atoms with Gasteiger partial charge in [0.15, 0.2) is 0 Å². The van der Waals surface area contributed by atoms with E-state index in [-0.39, 0.29) is 24.7 Å². The Morgan fingerprint density at radius 3 is 2.93 bits per heavy atom. The molecule has 1 heterocycles. The van der Waals surface area contributed by atoms with Crippen molar-refractivity contribution < 1.29 is 14.6 Å². The second-order valence-electron chi connectivity index (χ2n) is 3.43. The Hall–Kier alpha value is -0.650. The summed E-state index contributed by atoms with van der Waals surface area (Å²) in [5.41, 5.74) is 5.43. The Balaban J connectivity index is 2.18. The third-order valence-electron chi connectivity index (χ3n) is 2.30. The van der Waals surface area contributed by atoms with Gasteiger partial charge < -0.3 is 20.9 Å². The fourth-order valence-corrected chi connectivity index (χ4v) is 1.48. The van der Waals surface area contributed by atoms with Crippen LogP contribution in [-0.2, 0) is 9.53 Å². The van der Waals surface area contributed by atoms with E-state index in [1.165, 1.54) is 0 Å². The quantitative estimate of drug-likeness (QED) is 0.499. The summed E-state index contributed by atoms with van der Waals surface area (Å²) in [6, 6.07) is 0. The maximum Gasteiger partial charge on any atom is 0.249 e. The number of carbonyl (C=O) groups excluding carboxylic acids is 1. The largest absolute Gasteiger partial charge is 0.396 e. The number of aliphatic hydroxyl groups is 1. The van der Waals surface area contributed by atoms with E-state index in [4.69, 9.17) is 15.6 Å². The minimum atomic E-state index is -0.345. The fourth-order valence-electron chi connectivity index (χ4n) is 1.48. The first kappa shape index (κ1) is 11.4. The molecule has 1 saturated heterocycles. The van der Waals surface area contributed by atoms with Crippen LogP contribution < -0.4 is 11.1 Å². The second-order valence-corrected chi connectivity index (χ2v) is 3.43. The summed E-state index contributed by atoms with van der Waals surface area (Å²) in [6.45, 7) is 1.07. The molecule has 0 aromatic carbocycles. The predicted octanol–water partition coefficient (Wildman–Crippen LogP) is -1.01. The highest BCUT2D eigenvalue weighted by Gasteiger charge is 2.29. The summed E-state index contributed by atoms with van der Waals surface area (Å²) in [7, 11) is 0. The van der Waals surface area contributed by atoms with Crippen LogP contribution in [0.3, 0.4) is 0 Å². The molecular weight excluding hydrogens is 184 g/mol. The smallest absolute Gasteiger partial charge is 0.249 e. The second kappa shape index (κ2) is 5.95. The van der Waals surface area contributed by atoms with Gasteiger partial charge in [-0.1, -0.05) is 0 Å².